The fourth-order valence-electron chi connectivity index (χ4n) is 3.49. The average molecular weight is 535 g/mol. The van der Waals surface area contributed by atoms with E-state index in [1.807, 2.05) is 84.9 Å². The van der Waals surface area contributed by atoms with Gasteiger partial charge in [0.1, 0.15) is 11.5 Å². The first-order valence-corrected chi connectivity index (χ1v) is 12.0. The molecule has 0 unspecified atom stereocenters. The maximum atomic E-state index is 11.6. The number of para-hydroxylation sites is 2. The molecule has 0 aliphatic carbocycles. The van der Waals surface area contributed by atoms with E-state index in [0.717, 1.165) is 31.5 Å². The molecule has 198 valence electrons. The number of ether oxygens (including phenoxy) is 2. The molecule has 0 aliphatic rings. The Labute approximate surface area is 224 Å². The van der Waals surface area contributed by atoms with Crippen molar-refractivity contribution in [1.29, 1.82) is 0 Å². The molecule has 0 spiro atoms. The second-order valence-electron chi connectivity index (χ2n) is 7.92. The molecular weight excluding hydrogens is 504 g/mol. The van der Waals surface area contributed by atoms with Crippen LogP contribution >= 0.6 is 11.3 Å². The molecule has 0 aliphatic heterocycles. The molecule has 38 heavy (non-hydrogen) atoms. The lowest BCUT2D eigenvalue weighted by Gasteiger charge is -2.07. The van der Waals surface area contributed by atoms with E-state index in [2.05, 4.69) is 22.5 Å². The number of esters is 1. The first-order chi connectivity index (χ1) is 17.4. The van der Waals surface area contributed by atoms with Gasteiger partial charge in [0, 0.05) is 11.1 Å². The van der Waals surface area contributed by atoms with Crippen molar-refractivity contribution in [1.82, 2.24) is 4.57 Å². The molecule has 0 fully saturated rings. The molecule has 0 bridgehead atoms. The summed E-state index contributed by atoms with van der Waals surface area (Å²) in [6.45, 7) is 8.31. The highest BCUT2D eigenvalue weighted by atomic mass is 32.1. The van der Waals surface area contributed by atoms with Gasteiger partial charge in [-0.25, -0.2) is 9.79 Å². The number of methoxy groups -OCH3 is 1. The highest BCUT2D eigenvalue weighted by molar-refractivity contribution is 7.07. The van der Waals surface area contributed by atoms with E-state index in [1.54, 1.807) is 0 Å². The zero-order chi connectivity index (χ0) is 25.5. The van der Waals surface area contributed by atoms with Crippen molar-refractivity contribution < 1.29 is 30.3 Å². The Morgan fingerprint density at radius 1 is 1.03 bits per heavy atom. The van der Waals surface area contributed by atoms with Gasteiger partial charge in [-0.05, 0) is 29.8 Å². The van der Waals surface area contributed by atoms with E-state index >= 15 is 0 Å². The molecule has 1 heterocycles. The summed E-state index contributed by atoms with van der Waals surface area (Å²) in [5, 5.41) is 10.4. The van der Waals surface area contributed by atoms with E-state index in [1.165, 1.54) is 18.4 Å². The van der Waals surface area contributed by atoms with Gasteiger partial charge in [-0.2, -0.15) is 0 Å². The van der Waals surface area contributed by atoms with Crippen molar-refractivity contribution in [2.75, 3.05) is 13.7 Å². The van der Waals surface area contributed by atoms with Crippen LogP contribution in [0.5, 0.6) is 5.75 Å². The topological polar surface area (TPSA) is 136 Å². The number of nitrogens with zero attached hydrogens (tertiary/aromatic N) is 2. The number of aromatic nitrogens is 1. The number of rotatable bonds is 8. The molecule has 3 aromatic carbocycles. The van der Waals surface area contributed by atoms with E-state index in [0.29, 0.717) is 17.9 Å². The third-order valence-electron chi connectivity index (χ3n) is 5.43. The SMILES string of the molecule is C=C(O)c1ccc(Cn2c(=Nc3ccccc3)s/c(=C\c3ccccc3OCC(=O)OC)c2=C)cc1.O.O. The van der Waals surface area contributed by atoms with Crippen LogP contribution < -0.4 is 19.4 Å². The van der Waals surface area contributed by atoms with E-state index in [4.69, 9.17) is 9.73 Å². The van der Waals surface area contributed by atoms with Crippen LogP contribution in [0.1, 0.15) is 16.7 Å². The summed E-state index contributed by atoms with van der Waals surface area (Å²) >= 11 is 1.52. The quantitative estimate of drug-likeness (QED) is 0.274. The Morgan fingerprint density at radius 2 is 1.68 bits per heavy atom. The van der Waals surface area contributed by atoms with Gasteiger partial charge in [-0.3, -0.25) is 0 Å². The number of carbonyl (C=O) groups is 1. The van der Waals surface area contributed by atoms with Crippen molar-refractivity contribution in [3.8, 4) is 5.75 Å². The molecular formula is C29H30N2O6S. The normalized spacial score (nSPS) is 11.3. The summed E-state index contributed by atoms with van der Waals surface area (Å²) in [5.41, 5.74) is 3.37. The molecule has 0 saturated heterocycles. The van der Waals surface area contributed by atoms with Crippen LogP contribution in [0.3, 0.4) is 0 Å². The maximum absolute atomic E-state index is 11.6. The molecule has 0 radical (unpaired) electrons. The molecule has 8 nitrogen and oxygen atoms in total. The molecule has 0 amide bonds. The van der Waals surface area contributed by atoms with Crippen LogP contribution in [-0.2, 0) is 16.1 Å². The van der Waals surface area contributed by atoms with Crippen molar-refractivity contribution in [3.63, 3.8) is 0 Å². The highest BCUT2D eigenvalue weighted by Crippen LogP contribution is 2.18. The maximum Gasteiger partial charge on any atom is 0.343 e. The third-order valence-corrected chi connectivity index (χ3v) is 6.50. The van der Waals surface area contributed by atoms with E-state index in [-0.39, 0.29) is 23.3 Å². The Balaban J connectivity index is 0.00000253. The Bertz CT molecular complexity index is 1560. The van der Waals surface area contributed by atoms with Gasteiger partial charge in [0.15, 0.2) is 11.4 Å². The number of aliphatic hydroxyl groups excluding tert-OH is 1. The monoisotopic (exact) mass is 534 g/mol. The zero-order valence-corrected chi connectivity index (χ0v) is 21.7. The molecule has 0 atom stereocenters. The number of benzene rings is 3. The second-order valence-corrected chi connectivity index (χ2v) is 8.93. The molecule has 5 N–H and O–H groups in total. The van der Waals surface area contributed by atoms with E-state index < -0.39 is 5.97 Å². The lowest BCUT2D eigenvalue weighted by Crippen LogP contribution is -2.31. The van der Waals surface area contributed by atoms with Crippen LogP contribution in [0.25, 0.3) is 18.4 Å². The van der Waals surface area contributed by atoms with Crippen LogP contribution in [0.4, 0.5) is 5.69 Å². The van der Waals surface area contributed by atoms with Crippen LogP contribution in [0.15, 0.2) is 90.4 Å². The molecule has 9 heteroatoms. The van der Waals surface area contributed by atoms with Crippen molar-refractivity contribution in [2.24, 2.45) is 4.99 Å². The van der Waals surface area contributed by atoms with E-state index in [9.17, 15) is 9.90 Å². The third kappa shape index (κ3) is 7.30. The van der Waals surface area contributed by atoms with Gasteiger partial charge in [-0.15, -0.1) is 0 Å². The first-order valence-electron chi connectivity index (χ1n) is 11.2. The zero-order valence-electron chi connectivity index (χ0n) is 20.9. The number of carbonyl (C=O) groups excluding carboxylic acids is 1. The van der Waals surface area contributed by atoms with Crippen LogP contribution in [0, 0.1) is 0 Å². The molecule has 4 rings (SSSR count). The molecule has 0 saturated carbocycles. The minimum atomic E-state index is -0.448. The fourth-order valence-corrected chi connectivity index (χ4v) is 4.53. The average Bonchev–Trinajstić information content (AvgIpc) is 3.17. The smallest absolute Gasteiger partial charge is 0.343 e. The van der Waals surface area contributed by atoms with Crippen molar-refractivity contribution in [3.05, 3.63) is 117 Å². The summed E-state index contributed by atoms with van der Waals surface area (Å²) in [6, 6.07) is 24.8. The summed E-state index contributed by atoms with van der Waals surface area (Å²) in [5.74, 6) is 0.160. The van der Waals surface area contributed by atoms with Crippen molar-refractivity contribution >= 4 is 41.4 Å². The second kappa shape index (κ2) is 13.8. The Morgan fingerprint density at radius 3 is 2.34 bits per heavy atom. The first kappa shape index (κ1) is 29.8. The number of thiazole rings is 1. The van der Waals surface area contributed by atoms with Gasteiger partial charge >= 0.3 is 5.97 Å². The van der Waals surface area contributed by atoms with Gasteiger partial charge in [0.05, 0.1) is 29.2 Å². The molecule has 1 aromatic heterocycles. The van der Waals surface area contributed by atoms with Crippen molar-refractivity contribution in [2.45, 2.75) is 6.54 Å². The fraction of sp³-hybridized carbons (Fsp3) is 0.103. The van der Waals surface area contributed by atoms with Gasteiger partial charge in [0.25, 0.3) is 0 Å². The summed E-state index contributed by atoms with van der Waals surface area (Å²) < 4.78 is 13.3. The highest BCUT2D eigenvalue weighted by Gasteiger charge is 2.08. The largest absolute Gasteiger partial charge is 0.508 e. The van der Waals surface area contributed by atoms with Gasteiger partial charge < -0.3 is 30.1 Å². The lowest BCUT2D eigenvalue weighted by molar-refractivity contribution is -0.142. The predicted octanol–water partition coefficient (Wildman–Crippen LogP) is 2.50. The number of hydrogen-bond acceptors (Lipinski definition) is 6. The Hall–Kier alpha value is -4.44. The minimum absolute atomic E-state index is 0. The lowest BCUT2D eigenvalue weighted by atomic mass is 10.1. The Kier molecular flexibility index (Phi) is 10.8. The summed E-state index contributed by atoms with van der Waals surface area (Å²) in [4.78, 5) is 17.2. The summed E-state index contributed by atoms with van der Waals surface area (Å²) in [6.07, 6.45) is 1.99. The number of hydrogen-bond donors (Lipinski definition) is 1. The van der Waals surface area contributed by atoms with Crippen LogP contribution in [0.2, 0.25) is 0 Å². The minimum Gasteiger partial charge on any atom is -0.508 e. The summed E-state index contributed by atoms with van der Waals surface area (Å²) in [7, 11) is 1.33. The van der Waals surface area contributed by atoms with Crippen LogP contribution in [-0.4, -0.2) is 40.3 Å². The van der Waals surface area contributed by atoms with Gasteiger partial charge in [-0.1, -0.05) is 85.2 Å². The van der Waals surface area contributed by atoms with Gasteiger partial charge in [0.2, 0.25) is 0 Å². The number of aliphatic hydroxyl groups is 1. The predicted molar refractivity (Wildman–Crippen MR) is 151 cm³/mol. The molecule has 4 aromatic rings. The standard InChI is InChI=1S/C29H26N2O4S.2H2O/c1-20-27(17-24-9-7-8-12-26(24)35-19-28(33)34-3)36-29(30-25-10-5-4-6-11-25)31(20)18-22-13-15-23(16-14-22)21(2)32;;/h4-17,32H,1-2,18-19H2,3H3;2*1H2/b27-17-,30-29?;;.